The predicted octanol–water partition coefficient (Wildman–Crippen LogP) is 1.61. The number of aliphatic carboxylic acids is 1. The maximum absolute atomic E-state index is 13.5. The van der Waals surface area contributed by atoms with Gasteiger partial charge in [0.1, 0.15) is 5.75 Å². The molecular formula is C14H16FNO7S. The highest BCUT2D eigenvalue weighted by atomic mass is 32.2. The minimum Gasteiger partial charge on any atom is -0.491 e. The third-order valence-electron chi connectivity index (χ3n) is 2.62. The van der Waals surface area contributed by atoms with Crippen molar-refractivity contribution >= 4 is 27.7 Å². The third kappa shape index (κ3) is 7.70. The van der Waals surface area contributed by atoms with Gasteiger partial charge in [0.15, 0.2) is 5.83 Å². The first-order chi connectivity index (χ1) is 11.2. The van der Waals surface area contributed by atoms with E-state index >= 15 is 0 Å². The lowest BCUT2D eigenvalue weighted by atomic mass is 10.2. The highest BCUT2D eigenvalue weighted by Crippen LogP contribution is 2.24. The Labute approximate surface area is 137 Å². The van der Waals surface area contributed by atoms with Crippen LogP contribution in [0.15, 0.2) is 36.2 Å². The Morgan fingerprint density at radius 1 is 1.29 bits per heavy atom. The minimum absolute atomic E-state index is 0.0818. The molecule has 0 heterocycles. The molecule has 0 fully saturated rings. The van der Waals surface area contributed by atoms with E-state index in [1.165, 1.54) is 12.1 Å². The van der Waals surface area contributed by atoms with Gasteiger partial charge in [0, 0.05) is 6.42 Å². The van der Waals surface area contributed by atoms with E-state index in [1.807, 2.05) is 0 Å². The Hall–Kier alpha value is -2.46. The highest BCUT2D eigenvalue weighted by molar-refractivity contribution is 7.85. The number of ether oxygens (including phenoxy) is 1. The second kappa shape index (κ2) is 8.99. The molecule has 1 amide bonds. The molecule has 8 nitrogen and oxygen atoms in total. The third-order valence-corrected chi connectivity index (χ3v) is 3.21. The predicted molar refractivity (Wildman–Crippen MR) is 83.0 cm³/mol. The first kappa shape index (κ1) is 19.6. The fourth-order valence-electron chi connectivity index (χ4n) is 1.55. The van der Waals surface area contributed by atoms with Gasteiger partial charge in [-0.1, -0.05) is 12.1 Å². The second-order valence-electron chi connectivity index (χ2n) is 4.60. The molecular weight excluding hydrogens is 345 g/mol. The summed E-state index contributed by atoms with van der Waals surface area (Å²) >= 11 is 0. The fraction of sp³-hybridized carbons (Fsp3) is 0.286. The van der Waals surface area contributed by atoms with E-state index in [2.05, 4.69) is 5.32 Å². The summed E-state index contributed by atoms with van der Waals surface area (Å²) in [6, 6.07) is 6.09. The van der Waals surface area contributed by atoms with Crippen molar-refractivity contribution < 1.29 is 36.8 Å². The molecule has 10 heteroatoms. The number of carbonyl (C=O) groups excluding carboxylic acids is 1. The van der Waals surface area contributed by atoms with Crippen LogP contribution >= 0.6 is 0 Å². The molecule has 24 heavy (non-hydrogen) atoms. The Bertz CT molecular complexity index is 730. The van der Waals surface area contributed by atoms with Gasteiger partial charge in [-0.2, -0.15) is 8.42 Å². The number of carbonyl (C=O) groups is 2. The van der Waals surface area contributed by atoms with E-state index in [4.69, 9.17) is 14.4 Å². The number of benzene rings is 1. The first-order valence-corrected chi connectivity index (χ1v) is 8.36. The van der Waals surface area contributed by atoms with E-state index < -0.39 is 33.6 Å². The number of halogens is 1. The lowest BCUT2D eigenvalue weighted by molar-refractivity contribution is -0.137. The van der Waals surface area contributed by atoms with Crippen LogP contribution in [-0.2, 0) is 19.7 Å². The van der Waals surface area contributed by atoms with Gasteiger partial charge in [-0.25, -0.2) is 4.39 Å². The van der Waals surface area contributed by atoms with E-state index in [0.717, 1.165) is 0 Å². The standard InChI is InChI=1S/C14H16FNO7S/c15-10(7-9-24(20,21)22)14(19)16-11-4-1-2-5-12(11)23-8-3-6-13(17)18/h1-2,4-5,7H,3,6,8-9H2,(H,16,19)(H,17,18)(H,20,21,22)/b10-7-. The molecule has 0 radical (unpaired) electrons. The topological polar surface area (TPSA) is 130 Å². The lowest BCUT2D eigenvalue weighted by Gasteiger charge is -2.11. The average molecular weight is 361 g/mol. The van der Waals surface area contributed by atoms with Crippen LogP contribution in [0.25, 0.3) is 0 Å². The Balaban J connectivity index is 2.70. The SMILES string of the molecule is O=C(O)CCCOc1ccccc1NC(=O)/C(F)=C/CS(=O)(=O)O. The number of anilines is 1. The number of carboxylic acid groups (broad SMARTS) is 1. The lowest BCUT2D eigenvalue weighted by Crippen LogP contribution is -2.14. The largest absolute Gasteiger partial charge is 0.491 e. The molecule has 132 valence electrons. The van der Waals surface area contributed by atoms with Crippen LogP contribution in [0.3, 0.4) is 0 Å². The van der Waals surface area contributed by atoms with Crippen LogP contribution in [0.1, 0.15) is 12.8 Å². The number of amides is 1. The first-order valence-electron chi connectivity index (χ1n) is 6.75. The van der Waals surface area contributed by atoms with Gasteiger partial charge in [0.05, 0.1) is 18.0 Å². The highest BCUT2D eigenvalue weighted by Gasteiger charge is 2.13. The number of hydrogen-bond donors (Lipinski definition) is 3. The molecule has 0 aliphatic heterocycles. The quantitative estimate of drug-likeness (QED) is 0.346. The molecule has 3 N–H and O–H groups in total. The van der Waals surface area contributed by atoms with Gasteiger partial charge >= 0.3 is 5.97 Å². The molecule has 0 bridgehead atoms. The van der Waals surface area contributed by atoms with Crippen molar-refractivity contribution in [3.05, 3.63) is 36.2 Å². The number of hydrogen-bond acceptors (Lipinski definition) is 5. The van der Waals surface area contributed by atoms with Crippen LogP contribution in [0.2, 0.25) is 0 Å². The van der Waals surface area contributed by atoms with Gasteiger partial charge in [0.25, 0.3) is 16.0 Å². The maximum Gasteiger partial charge on any atom is 0.303 e. The molecule has 0 aromatic heterocycles. The van der Waals surface area contributed by atoms with Gasteiger partial charge in [-0.15, -0.1) is 0 Å². The van der Waals surface area contributed by atoms with Gasteiger partial charge in [-0.05, 0) is 24.6 Å². The average Bonchev–Trinajstić information content (AvgIpc) is 2.49. The summed E-state index contributed by atoms with van der Waals surface area (Å²) in [5.41, 5.74) is 0.133. The molecule has 0 saturated heterocycles. The Morgan fingerprint density at radius 2 is 1.96 bits per heavy atom. The molecule has 0 saturated carbocycles. The summed E-state index contributed by atoms with van der Waals surface area (Å²) in [7, 11) is -4.42. The second-order valence-corrected chi connectivity index (χ2v) is 6.09. The minimum atomic E-state index is -4.42. The van der Waals surface area contributed by atoms with E-state index in [1.54, 1.807) is 12.1 Å². The van der Waals surface area contributed by atoms with Crippen molar-refractivity contribution in [2.75, 3.05) is 17.7 Å². The maximum atomic E-state index is 13.5. The fourth-order valence-corrected chi connectivity index (χ4v) is 1.91. The molecule has 0 atom stereocenters. The zero-order chi connectivity index (χ0) is 18.2. The van der Waals surface area contributed by atoms with Crippen LogP contribution in [-0.4, -0.2) is 42.3 Å². The van der Waals surface area contributed by atoms with Crippen molar-refractivity contribution in [2.24, 2.45) is 0 Å². The van der Waals surface area contributed by atoms with Crippen molar-refractivity contribution in [1.29, 1.82) is 0 Å². The zero-order valence-electron chi connectivity index (χ0n) is 12.4. The van der Waals surface area contributed by atoms with Crippen molar-refractivity contribution in [2.45, 2.75) is 12.8 Å². The normalized spacial score (nSPS) is 11.8. The number of para-hydroxylation sites is 2. The Morgan fingerprint density at radius 3 is 2.58 bits per heavy atom. The van der Waals surface area contributed by atoms with Crippen molar-refractivity contribution in [1.82, 2.24) is 0 Å². The van der Waals surface area contributed by atoms with E-state index in [0.29, 0.717) is 6.08 Å². The molecule has 0 unspecified atom stereocenters. The van der Waals surface area contributed by atoms with Crippen LogP contribution < -0.4 is 10.1 Å². The Kier molecular flexibility index (Phi) is 7.33. The van der Waals surface area contributed by atoms with Gasteiger partial charge < -0.3 is 15.2 Å². The summed E-state index contributed by atoms with van der Waals surface area (Å²) in [5, 5.41) is 10.7. The molecule has 1 rings (SSSR count). The number of rotatable bonds is 9. The number of nitrogens with one attached hydrogen (secondary N) is 1. The summed E-state index contributed by atoms with van der Waals surface area (Å²) in [4.78, 5) is 22.0. The molecule has 1 aromatic rings. The smallest absolute Gasteiger partial charge is 0.303 e. The van der Waals surface area contributed by atoms with Crippen molar-refractivity contribution in [3.8, 4) is 5.75 Å². The van der Waals surface area contributed by atoms with Crippen LogP contribution in [0, 0.1) is 0 Å². The molecule has 0 aliphatic rings. The van der Waals surface area contributed by atoms with E-state index in [-0.39, 0.29) is 30.9 Å². The van der Waals surface area contributed by atoms with Gasteiger partial charge in [0.2, 0.25) is 0 Å². The summed E-state index contributed by atoms with van der Waals surface area (Å²) in [5.74, 6) is -4.38. The van der Waals surface area contributed by atoms with Crippen LogP contribution in [0.4, 0.5) is 10.1 Å². The zero-order valence-corrected chi connectivity index (χ0v) is 13.3. The number of carboxylic acids is 1. The molecule has 0 aliphatic carbocycles. The molecule has 0 spiro atoms. The summed E-state index contributed by atoms with van der Waals surface area (Å²) in [6.45, 7) is 0.0836. The monoisotopic (exact) mass is 361 g/mol. The van der Waals surface area contributed by atoms with Crippen molar-refractivity contribution in [3.63, 3.8) is 0 Å². The van der Waals surface area contributed by atoms with Crippen LogP contribution in [0.5, 0.6) is 5.75 Å². The summed E-state index contributed by atoms with van der Waals surface area (Å²) in [6.07, 6.45) is 0.600. The molecule has 1 aromatic carbocycles. The summed E-state index contributed by atoms with van der Waals surface area (Å²) < 4.78 is 48.4. The van der Waals surface area contributed by atoms with Gasteiger partial charge in [-0.3, -0.25) is 14.1 Å². The van der Waals surface area contributed by atoms with E-state index in [9.17, 15) is 22.4 Å².